The SMILES string of the molecule is CC(C)(C)CCOc1ccc(CC2NC(=O)C(Cc3ccc(OCC4OC4(C)C)cc3)NC2=O)cc1. The lowest BCUT2D eigenvalue weighted by atomic mass is 9.93. The Bertz CT molecular complexity index is 1060. The topological polar surface area (TPSA) is 89.2 Å². The van der Waals surface area contributed by atoms with Crippen molar-refractivity contribution in [3.63, 3.8) is 0 Å². The highest BCUT2D eigenvalue weighted by Gasteiger charge is 2.48. The number of amides is 2. The smallest absolute Gasteiger partial charge is 0.243 e. The molecule has 2 aliphatic rings. The van der Waals surface area contributed by atoms with Gasteiger partial charge in [-0.2, -0.15) is 0 Å². The molecule has 0 saturated carbocycles. The van der Waals surface area contributed by atoms with Gasteiger partial charge in [0.05, 0.1) is 12.2 Å². The van der Waals surface area contributed by atoms with E-state index in [1.54, 1.807) is 0 Å². The number of ether oxygens (including phenoxy) is 3. The minimum Gasteiger partial charge on any atom is -0.494 e. The molecule has 3 unspecified atom stereocenters. The quantitative estimate of drug-likeness (QED) is 0.490. The van der Waals surface area contributed by atoms with Gasteiger partial charge in [-0.15, -0.1) is 0 Å². The third-order valence-electron chi connectivity index (χ3n) is 6.68. The molecule has 36 heavy (non-hydrogen) atoms. The first-order chi connectivity index (χ1) is 17.0. The minimum absolute atomic E-state index is 0.103. The van der Waals surface area contributed by atoms with Crippen LogP contribution in [0, 0.1) is 5.41 Å². The minimum atomic E-state index is -0.597. The third kappa shape index (κ3) is 7.23. The van der Waals surface area contributed by atoms with Gasteiger partial charge in [0.25, 0.3) is 0 Å². The van der Waals surface area contributed by atoms with Crippen molar-refractivity contribution in [3.8, 4) is 11.5 Å². The molecule has 0 spiro atoms. The highest BCUT2D eigenvalue weighted by atomic mass is 16.6. The number of piperazine rings is 1. The van der Waals surface area contributed by atoms with Crippen LogP contribution in [0.2, 0.25) is 0 Å². The lowest BCUT2D eigenvalue weighted by molar-refractivity contribution is -0.136. The molecule has 0 aromatic heterocycles. The Morgan fingerprint density at radius 2 is 1.25 bits per heavy atom. The van der Waals surface area contributed by atoms with E-state index >= 15 is 0 Å². The number of epoxide rings is 1. The summed E-state index contributed by atoms with van der Waals surface area (Å²) >= 11 is 0. The summed E-state index contributed by atoms with van der Waals surface area (Å²) in [5.41, 5.74) is 2.04. The van der Waals surface area contributed by atoms with Gasteiger partial charge >= 0.3 is 0 Å². The highest BCUT2D eigenvalue weighted by Crippen LogP contribution is 2.35. The fraction of sp³-hybridized carbons (Fsp3) is 0.517. The number of carbonyl (C=O) groups is 2. The van der Waals surface area contributed by atoms with Crippen LogP contribution in [0.5, 0.6) is 11.5 Å². The molecule has 2 aromatic rings. The first-order valence-corrected chi connectivity index (χ1v) is 12.7. The molecule has 2 saturated heterocycles. The fourth-order valence-corrected chi connectivity index (χ4v) is 4.09. The van der Waals surface area contributed by atoms with Crippen LogP contribution in [0.1, 0.15) is 52.2 Å². The van der Waals surface area contributed by atoms with Gasteiger partial charge in [0.1, 0.15) is 36.3 Å². The summed E-state index contributed by atoms with van der Waals surface area (Å²) in [6, 6.07) is 14.1. The molecule has 194 valence electrons. The molecule has 0 aliphatic carbocycles. The molecule has 2 N–H and O–H groups in total. The molecule has 0 radical (unpaired) electrons. The number of hydrogen-bond acceptors (Lipinski definition) is 5. The zero-order valence-electron chi connectivity index (χ0n) is 21.9. The number of nitrogens with one attached hydrogen (secondary N) is 2. The van der Waals surface area contributed by atoms with Crippen molar-refractivity contribution in [1.29, 1.82) is 0 Å². The lowest BCUT2D eigenvalue weighted by Gasteiger charge is -2.29. The summed E-state index contributed by atoms with van der Waals surface area (Å²) in [5, 5.41) is 5.78. The van der Waals surface area contributed by atoms with E-state index < -0.39 is 12.1 Å². The Hall–Kier alpha value is -3.06. The Labute approximate surface area is 213 Å². The summed E-state index contributed by atoms with van der Waals surface area (Å²) in [6.07, 6.45) is 1.94. The van der Waals surface area contributed by atoms with Gasteiger partial charge < -0.3 is 24.8 Å². The summed E-state index contributed by atoms with van der Waals surface area (Å²) < 4.78 is 17.1. The van der Waals surface area contributed by atoms with Crippen LogP contribution >= 0.6 is 0 Å². The molecule has 2 aromatic carbocycles. The van der Waals surface area contributed by atoms with Crippen molar-refractivity contribution in [2.75, 3.05) is 13.2 Å². The van der Waals surface area contributed by atoms with Crippen LogP contribution in [-0.4, -0.2) is 48.8 Å². The van der Waals surface area contributed by atoms with Gasteiger partial charge in [-0.3, -0.25) is 9.59 Å². The van der Waals surface area contributed by atoms with Crippen LogP contribution < -0.4 is 20.1 Å². The summed E-state index contributed by atoms with van der Waals surface area (Å²) in [5.74, 6) is 1.22. The Balaban J connectivity index is 1.23. The number of hydrogen-bond donors (Lipinski definition) is 2. The van der Waals surface area contributed by atoms with E-state index in [1.807, 2.05) is 62.4 Å². The average molecular weight is 495 g/mol. The molecular weight excluding hydrogens is 456 g/mol. The van der Waals surface area contributed by atoms with Crippen molar-refractivity contribution < 1.29 is 23.8 Å². The van der Waals surface area contributed by atoms with Gasteiger partial charge in [0.2, 0.25) is 11.8 Å². The monoisotopic (exact) mass is 494 g/mol. The first-order valence-electron chi connectivity index (χ1n) is 12.7. The van der Waals surface area contributed by atoms with Crippen LogP contribution in [0.15, 0.2) is 48.5 Å². The van der Waals surface area contributed by atoms with Crippen LogP contribution in [-0.2, 0) is 27.2 Å². The molecule has 7 nitrogen and oxygen atoms in total. The van der Waals surface area contributed by atoms with Crippen LogP contribution in [0.3, 0.4) is 0 Å². The van der Waals surface area contributed by atoms with Crippen molar-refractivity contribution in [1.82, 2.24) is 10.6 Å². The zero-order valence-corrected chi connectivity index (χ0v) is 21.9. The molecule has 2 heterocycles. The van der Waals surface area contributed by atoms with E-state index in [0.29, 0.717) is 26.1 Å². The van der Waals surface area contributed by atoms with Gasteiger partial charge in [-0.05, 0) is 61.1 Å². The van der Waals surface area contributed by atoms with Crippen molar-refractivity contribution in [3.05, 3.63) is 59.7 Å². The Morgan fingerprint density at radius 3 is 1.67 bits per heavy atom. The largest absolute Gasteiger partial charge is 0.494 e. The van der Waals surface area contributed by atoms with Crippen molar-refractivity contribution in [2.45, 2.75) is 77.7 Å². The van der Waals surface area contributed by atoms with Crippen LogP contribution in [0.4, 0.5) is 0 Å². The van der Waals surface area contributed by atoms with Crippen molar-refractivity contribution in [2.24, 2.45) is 5.41 Å². The van der Waals surface area contributed by atoms with Gasteiger partial charge in [-0.1, -0.05) is 45.0 Å². The molecule has 0 bridgehead atoms. The molecule has 2 aliphatic heterocycles. The number of carbonyl (C=O) groups excluding carboxylic acids is 2. The van der Waals surface area contributed by atoms with E-state index in [4.69, 9.17) is 14.2 Å². The van der Waals surface area contributed by atoms with E-state index in [0.717, 1.165) is 29.0 Å². The number of rotatable bonds is 10. The maximum atomic E-state index is 12.7. The van der Waals surface area contributed by atoms with Gasteiger partial charge in [-0.25, -0.2) is 0 Å². The second-order valence-electron chi connectivity index (χ2n) is 11.5. The summed E-state index contributed by atoms with van der Waals surface area (Å²) in [7, 11) is 0. The van der Waals surface area contributed by atoms with E-state index in [2.05, 4.69) is 31.4 Å². The highest BCUT2D eigenvalue weighted by molar-refractivity contribution is 5.97. The third-order valence-corrected chi connectivity index (χ3v) is 6.68. The molecule has 4 rings (SSSR count). The lowest BCUT2D eigenvalue weighted by Crippen LogP contribution is -2.62. The number of benzene rings is 2. The standard InChI is InChI=1S/C29H38N2O5/c1-28(2,3)14-15-34-21-10-6-19(7-11-21)16-23-26(32)31-24(27(33)30-23)17-20-8-12-22(13-9-20)35-18-25-29(4,5)36-25/h6-13,23-25H,14-18H2,1-5H3,(H,30,33)(H,31,32). The van der Waals surface area contributed by atoms with Crippen LogP contribution in [0.25, 0.3) is 0 Å². The second-order valence-corrected chi connectivity index (χ2v) is 11.5. The second kappa shape index (κ2) is 10.5. The Morgan fingerprint density at radius 1 is 0.806 bits per heavy atom. The first kappa shape index (κ1) is 26.0. The zero-order chi connectivity index (χ0) is 25.9. The van der Waals surface area contributed by atoms with E-state index in [1.165, 1.54) is 0 Å². The van der Waals surface area contributed by atoms with Crippen molar-refractivity contribution >= 4 is 11.8 Å². The normalized spacial score (nSPS) is 23.0. The Kier molecular flexibility index (Phi) is 7.59. The molecule has 3 atom stereocenters. The molecule has 7 heteroatoms. The average Bonchev–Trinajstić information content (AvgIpc) is 3.43. The maximum absolute atomic E-state index is 12.7. The van der Waals surface area contributed by atoms with Gasteiger partial charge in [0.15, 0.2) is 0 Å². The molecule has 2 amide bonds. The fourth-order valence-electron chi connectivity index (χ4n) is 4.09. The molecule has 2 fully saturated rings. The maximum Gasteiger partial charge on any atom is 0.243 e. The van der Waals surface area contributed by atoms with Gasteiger partial charge in [0, 0.05) is 12.8 Å². The van der Waals surface area contributed by atoms with E-state index in [-0.39, 0.29) is 28.9 Å². The predicted octanol–water partition coefficient (Wildman–Crippen LogP) is 3.83. The van der Waals surface area contributed by atoms with E-state index in [9.17, 15) is 9.59 Å². The predicted molar refractivity (Wildman–Crippen MR) is 138 cm³/mol. The summed E-state index contributed by atoms with van der Waals surface area (Å²) in [4.78, 5) is 25.5. The molecular formula is C29H38N2O5. The summed E-state index contributed by atoms with van der Waals surface area (Å²) in [6.45, 7) is 11.8.